The van der Waals surface area contributed by atoms with E-state index in [1.54, 1.807) is 6.08 Å². The van der Waals surface area contributed by atoms with Crippen LogP contribution in [0.15, 0.2) is 30.3 Å². The zero-order valence-electron chi connectivity index (χ0n) is 10.0. The van der Waals surface area contributed by atoms with Crippen molar-refractivity contribution in [2.24, 2.45) is 0 Å². The molecule has 0 bridgehead atoms. The third-order valence-electron chi connectivity index (χ3n) is 2.94. The van der Waals surface area contributed by atoms with Gasteiger partial charge in [-0.15, -0.1) is 0 Å². The first-order valence-corrected chi connectivity index (χ1v) is 5.93. The van der Waals surface area contributed by atoms with Crippen LogP contribution in [0.5, 0.6) is 0 Å². The topological polar surface area (TPSA) is 57.6 Å². The fourth-order valence-corrected chi connectivity index (χ4v) is 1.99. The summed E-state index contributed by atoms with van der Waals surface area (Å²) >= 11 is 0. The smallest absolute Gasteiger partial charge is 0.328 e. The first-order valence-electron chi connectivity index (χ1n) is 5.93. The molecule has 1 aromatic rings. The second kappa shape index (κ2) is 5.49. The van der Waals surface area contributed by atoms with E-state index >= 15 is 0 Å². The molecule has 1 saturated heterocycles. The Morgan fingerprint density at radius 3 is 2.61 bits per heavy atom. The lowest BCUT2D eigenvalue weighted by Gasteiger charge is -2.15. The number of carbonyl (C=O) groups excluding carboxylic acids is 1. The second-order valence-electron chi connectivity index (χ2n) is 4.33. The third-order valence-corrected chi connectivity index (χ3v) is 2.94. The molecule has 0 radical (unpaired) electrons. The largest absolute Gasteiger partial charge is 0.478 e. The fraction of sp³-hybridized carbons (Fsp3) is 0.286. The number of aliphatic carboxylic acids is 1. The maximum Gasteiger partial charge on any atom is 0.328 e. The van der Waals surface area contributed by atoms with Gasteiger partial charge >= 0.3 is 5.97 Å². The zero-order valence-corrected chi connectivity index (χ0v) is 10.0. The van der Waals surface area contributed by atoms with Gasteiger partial charge in [0.05, 0.1) is 0 Å². The van der Waals surface area contributed by atoms with Crippen molar-refractivity contribution in [3.63, 3.8) is 0 Å². The minimum atomic E-state index is -0.957. The van der Waals surface area contributed by atoms with Crippen LogP contribution in [0.2, 0.25) is 0 Å². The highest BCUT2D eigenvalue weighted by Crippen LogP contribution is 2.15. The normalized spacial score (nSPS) is 15.6. The molecule has 0 aliphatic carbocycles. The maximum absolute atomic E-state index is 11.5. The number of carboxylic acid groups (broad SMARTS) is 1. The van der Waals surface area contributed by atoms with Crippen LogP contribution in [0.3, 0.4) is 0 Å². The van der Waals surface area contributed by atoms with E-state index in [1.165, 1.54) is 0 Å². The van der Waals surface area contributed by atoms with Crippen molar-refractivity contribution in [1.82, 2.24) is 4.90 Å². The van der Waals surface area contributed by atoms with E-state index in [4.69, 9.17) is 5.11 Å². The molecule has 2 rings (SSSR count). The molecule has 1 aliphatic rings. The first kappa shape index (κ1) is 12.4. The van der Waals surface area contributed by atoms with Crippen molar-refractivity contribution in [2.45, 2.75) is 19.4 Å². The van der Waals surface area contributed by atoms with Gasteiger partial charge in [0.15, 0.2) is 0 Å². The van der Waals surface area contributed by atoms with E-state index in [0.717, 1.165) is 30.2 Å². The van der Waals surface area contributed by atoms with Gasteiger partial charge in [-0.25, -0.2) is 4.79 Å². The van der Waals surface area contributed by atoms with Crippen LogP contribution in [-0.2, 0) is 16.1 Å². The molecular formula is C14H15NO3. The minimum absolute atomic E-state index is 0.213. The molecule has 4 nitrogen and oxygen atoms in total. The molecule has 1 aliphatic heterocycles. The maximum atomic E-state index is 11.5. The quantitative estimate of drug-likeness (QED) is 0.824. The molecule has 0 saturated carbocycles. The van der Waals surface area contributed by atoms with Gasteiger partial charge in [-0.1, -0.05) is 24.3 Å². The molecule has 1 aromatic carbocycles. The van der Waals surface area contributed by atoms with Crippen LogP contribution in [-0.4, -0.2) is 28.4 Å². The average molecular weight is 245 g/mol. The number of benzene rings is 1. The second-order valence-corrected chi connectivity index (χ2v) is 4.33. The van der Waals surface area contributed by atoms with Gasteiger partial charge in [-0.05, 0) is 23.6 Å². The van der Waals surface area contributed by atoms with Crippen LogP contribution in [0, 0.1) is 0 Å². The number of hydrogen-bond acceptors (Lipinski definition) is 2. The predicted octanol–water partition coefficient (Wildman–Crippen LogP) is 1.91. The van der Waals surface area contributed by atoms with Gasteiger partial charge in [-0.2, -0.15) is 0 Å². The molecule has 1 fully saturated rings. The number of nitrogens with zero attached hydrogens (tertiary/aromatic N) is 1. The van der Waals surface area contributed by atoms with Crippen molar-refractivity contribution in [3.05, 3.63) is 41.5 Å². The van der Waals surface area contributed by atoms with Gasteiger partial charge < -0.3 is 10.0 Å². The molecule has 0 unspecified atom stereocenters. The summed E-state index contributed by atoms with van der Waals surface area (Å²) in [5.74, 6) is -0.744. The Kier molecular flexibility index (Phi) is 3.77. The Bertz CT molecular complexity index is 476. The Balaban J connectivity index is 1.99. The highest BCUT2D eigenvalue weighted by Gasteiger charge is 2.19. The SMILES string of the molecule is O=C(O)/C=C/c1ccc(CN2CCCC2=O)cc1. The Labute approximate surface area is 106 Å². The van der Waals surface area contributed by atoms with Gasteiger partial charge in [0.1, 0.15) is 0 Å². The molecule has 0 atom stereocenters. The molecule has 1 heterocycles. The molecule has 0 aromatic heterocycles. The molecule has 18 heavy (non-hydrogen) atoms. The van der Waals surface area contributed by atoms with Crippen molar-refractivity contribution in [3.8, 4) is 0 Å². The number of likely N-dealkylation sites (tertiary alicyclic amines) is 1. The molecule has 94 valence electrons. The summed E-state index contributed by atoms with van der Waals surface area (Å²) in [5, 5.41) is 8.52. The summed E-state index contributed by atoms with van der Waals surface area (Å²) in [7, 11) is 0. The molecule has 1 N–H and O–H groups in total. The number of carbonyl (C=O) groups is 2. The lowest BCUT2D eigenvalue weighted by Crippen LogP contribution is -2.23. The molecule has 0 spiro atoms. The van der Waals surface area contributed by atoms with Crippen LogP contribution in [0.1, 0.15) is 24.0 Å². The minimum Gasteiger partial charge on any atom is -0.478 e. The Hall–Kier alpha value is -2.10. The summed E-state index contributed by atoms with van der Waals surface area (Å²) in [6, 6.07) is 7.56. The highest BCUT2D eigenvalue weighted by atomic mass is 16.4. The van der Waals surface area contributed by atoms with E-state index in [-0.39, 0.29) is 5.91 Å². The Morgan fingerprint density at radius 1 is 1.33 bits per heavy atom. The monoisotopic (exact) mass is 245 g/mol. The predicted molar refractivity (Wildman–Crippen MR) is 67.8 cm³/mol. The van der Waals surface area contributed by atoms with Gasteiger partial charge in [0.2, 0.25) is 5.91 Å². The van der Waals surface area contributed by atoms with Gasteiger partial charge in [0.25, 0.3) is 0 Å². The third kappa shape index (κ3) is 3.20. The van der Waals surface area contributed by atoms with E-state index in [9.17, 15) is 9.59 Å². The van der Waals surface area contributed by atoms with Crippen LogP contribution < -0.4 is 0 Å². The van der Waals surface area contributed by atoms with E-state index < -0.39 is 5.97 Å². The fourth-order valence-electron chi connectivity index (χ4n) is 1.99. The molecular weight excluding hydrogens is 230 g/mol. The average Bonchev–Trinajstić information content (AvgIpc) is 2.74. The highest BCUT2D eigenvalue weighted by molar-refractivity contribution is 5.85. The summed E-state index contributed by atoms with van der Waals surface area (Å²) in [4.78, 5) is 23.7. The zero-order chi connectivity index (χ0) is 13.0. The standard InChI is InChI=1S/C14H15NO3/c16-13-2-1-9-15(13)10-12-5-3-11(4-6-12)7-8-14(17)18/h3-8H,1-2,9-10H2,(H,17,18)/b8-7+. The lowest BCUT2D eigenvalue weighted by atomic mass is 10.1. The number of amides is 1. The summed E-state index contributed by atoms with van der Waals surface area (Å²) in [5.41, 5.74) is 1.91. The summed E-state index contributed by atoms with van der Waals surface area (Å²) in [6.45, 7) is 1.47. The number of carboxylic acids is 1. The first-order chi connectivity index (χ1) is 8.65. The van der Waals surface area contributed by atoms with Crippen molar-refractivity contribution >= 4 is 18.0 Å². The van der Waals surface area contributed by atoms with Crippen LogP contribution in [0.4, 0.5) is 0 Å². The Morgan fingerprint density at radius 2 is 2.06 bits per heavy atom. The summed E-state index contributed by atoms with van der Waals surface area (Å²) < 4.78 is 0. The molecule has 4 heteroatoms. The van der Waals surface area contributed by atoms with Gasteiger partial charge in [0, 0.05) is 25.6 Å². The van der Waals surface area contributed by atoms with Gasteiger partial charge in [-0.3, -0.25) is 4.79 Å². The lowest BCUT2D eigenvalue weighted by molar-refractivity contribution is -0.131. The van der Waals surface area contributed by atoms with Crippen LogP contribution >= 0.6 is 0 Å². The number of rotatable bonds is 4. The van der Waals surface area contributed by atoms with Crippen molar-refractivity contribution in [2.75, 3.05) is 6.54 Å². The van der Waals surface area contributed by atoms with E-state index in [1.807, 2.05) is 29.2 Å². The van der Waals surface area contributed by atoms with E-state index in [2.05, 4.69) is 0 Å². The van der Waals surface area contributed by atoms with Crippen molar-refractivity contribution in [1.29, 1.82) is 0 Å². The van der Waals surface area contributed by atoms with E-state index in [0.29, 0.717) is 13.0 Å². The number of hydrogen-bond donors (Lipinski definition) is 1. The molecule has 1 amide bonds. The van der Waals surface area contributed by atoms with Crippen molar-refractivity contribution < 1.29 is 14.7 Å². The van der Waals surface area contributed by atoms with Crippen LogP contribution in [0.25, 0.3) is 6.08 Å². The summed E-state index contributed by atoms with van der Waals surface area (Å²) in [6.07, 6.45) is 4.25.